The van der Waals surface area contributed by atoms with E-state index in [4.69, 9.17) is 0 Å². The van der Waals surface area contributed by atoms with E-state index in [0.29, 0.717) is 18.2 Å². The molecule has 3 nitrogen and oxygen atoms in total. The molecule has 0 unspecified atom stereocenters. The van der Waals surface area contributed by atoms with Gasteiger partial charge in [-0.3, -0.25) is 4.79 Å². The van der Waals surface area contributed by atoms with Crippen molar-refractivity contribution in [2.45, 2.75) is 45.1 Å². The molecule has 0 aliphatic carbocycles. The van der Waals surface area contributed by atoms with E-state index < -0.39 is 0 Å². The van der Waals surface area contributed by atoms with Gasteiger partial charge in [0.15, 0.2) is 0 Å². The second-order valence-electron chi connectivity index (χ2n) is 6.83. The molecule has 2 heterocycles. The van der Waals surface area contributed by atoms with E-state index in [1.54, 1.807) is 0 Å². The fourth-order valence-electron chi connectivity index (χ4n) is 3.99. The van der Waals surface area contributed by atoms with Crippen LogP contribution in [-0.4, -0.2) is 30.4 Å². The minimum absolute atomic E-state index is 0.0634. The molecule has 0 radical (unpaired) electrons. The molecule has 114 valence electrons. The highest BCUT2D eigenvalue weighted by Crippen LogP contribution is 2.42. The van der Waals surface area contributed by atoms with E-state index >= 15 is 0 Å². The van der Waals surface area contributed by atoms with Gasteiger partial charge in [-0.15, -0.1) is 0 Å². The Kier molecular flexibility index (Phi) is 4.03. The second kappa shape index (κ2) is 5.80. The van der Waals surface area contributed by atoms with Crippen LogP contribution in [0.1, 0.15) is 44.2 Å². The Morgan fingerprint density at radius 2 is 2.00 bits per heavy atom. The summed E-state index contributed by atoms with van der Waals surface area (Å²) >= 11 is 0. The lowest BCUT2D eigenvalue weighted by Crippen LogP contribution is -2.57. The number of nitrogens with one attached hydrogen (secondary N) is 1. The van der Waals surface area contributed by atoms with Gasteiger partial charge in [0.1, 0.15) is 0 Å². The smallest absolute Gasteiger partial charge is 0.223 e. The SMILES string of the molecule is CC(C)CC(=O)N1CCc2ccccc2C12CCNCC2. The van der Waals surface area contributed by atoms with Gasteiger partial charge in [-0.1, -0.05) is 38.1 Å². The maximum absolute atomic E-state index is 12.8. The van der Waals surface area contributed by atoms with Gasteiger partial charge in [-0.05, 0) is 49.4 Å². The number of rotatable bonds is 2. The Bertz CT molecular complexity index is 518. The normalized spacial score (nSPS) is 20.6. The molecule has 2 aliphatic rings. The lowest BCUT2D eigenvalue weighted by Gasteiger charge is -2.51. The Morgan fingerprint density at radius 1 is 1.29 bits per heavy atom. The summed E-state index contributed by atoms with van der Waals surface area (Å²) in [6, 6.07) is 8.73. The van der Waals surface area contributed by atoms with Gasteiger partial charge in [0.05, 0.1) is 5.54 Å². The summed E-state index contributed by atoms with van der Waals surface area (Å²) in [6.45, 7) is 7.14. The summed E-state index contributed by atoms with van der Waals surface area (Å²) in [7, 11) is 0. The molecule has 1 amide bonds. The van der Waals surface area contributed by atoms with Crippen LogP contribution in [0.2, 0.25) is 0 Å². The topological polar surface area (TPSA) is 32.3 Å². The Morgan fingerprint density at radius 3 is 2.71 bits per heavy atom. The molecular weight excluding hydrogens is 260 g/mol. The van der Waals surface area contributed by atoms with E-state index in [1.807, 2.05) is 0 Å². The van der Waals surface area contributed by atoms with Crippen molar-refractivity contribution in [3.8, 4) is 0 Å². The first-order valence-electron chi connectivity index (χ1n) is 8.23. The first kappa shape index (κ1) is 14.6. The van der Waals surface area contributed by atoms with Gasteiger partial charge < -0.3 is 10.2 Å². The standard InChI is InChI=1S/C18H26N2O/c1-14(2)13-17(21)20-12-7-15-5-3-4-6-16(15)18(20)8-10-19-11-9-18/h3-6,14,19H,7-13H2,1-2H3. The van der Waals surface area contributed by atoms with Crippen LogP contribution in [0.4, 0.5) is 0 Å². The Hall–Kier alpha value is -1.35. The van der Waals surface area contributed by atoms with E-state index in [0.717, 1.165) is 38.9 Å². The number of hydrogen-bond acceptors (Lipinski definition) is 2. The van der Waals surface area contributed by atoms with Crippen molar-refractivity contribution < 1.29 is 4.79 Å². The molecule has 1 fully saturated rings. The van der Waals surface area contributed by atoms with Crippen molar-refractivity contribution in [3.05, 3.63) is 35.4 Å². The predicted molar refractivity (Wildman–Crippen MR) is 85.1 cm³/mol. The molecule has 0 aromatic heterocycles. The molecule has 3 heteroatoms. The van der Waals surface area contributed by atoms with E-state index in [-0.39, 0.29) is 5.54 Å². The van der Waals surface area contributed by atoms with Gasteiger partial charge in [0.2, 0.25) is 5.91 Å². The molecule has 1 aromatic carbocycles. The summed E-state index contributed by atoms with van der Waals surface area (Å²) in [5.74, 6) is 0.759. The number of fused-ring (bicyclic) bond motifs is 2. The minimum Gasteiger partial charge on any atom is -0.333 e. The average Bonchev–Trinajstić information content (AvgIpc) is 2.48. The maximum atomic E-state index is 12.8. The van der Waals surface area contributed by atoms with Gasteiger partial charge in [0, 0.05) is 13.0 Å². The molecule has 2 aliphatic heterocycles. The molecule has 1 N–H and O–H groups in total. The summed E-state index contributed by atoms with van der Waals surface area (Å²) < 4.78 is 0. The zero-order valence-electron chi connectivity index (χ0n) is 13.2. The van der Waals surface area contributed by atoms with Crippen LogP contribution < -0.4 is 5.32 Å². The minimum atomic E-state index is -0.0634. The first-order valence-corrected chi connectivity index (χ1v) is 8.23. The van der Waals surface area contributed by atoms with Gasteiger partial charge in [0.25, 0.3) is 0 Å². The average molecular weight is 286 g/mol. The summed E-state index contributed by atoms with van der Waals surface area (Å²) in [6.07, 6.45) is 3.73. The van der Waals surface area contributed by atoms with Gasteiger partial charge >= 0.3 is 0 Å². The molecule has 0 saturated carbocycles. The zero-order valence-corrected chi connectivity index (χ0v) is 13.2. The van der Waals surface area contributed by atoms with Crippen LogP contribution in [-0.2, 0) is 16.8 Å². The van der Waals surface area contributed by atoms with Crippen LogP contribution in [0.3, 0.4) is 0 Å². The number of carbonyl (C=O) groups is 1. The lowest BCUT2D eigenvalue weighted by atomic mass is 9.74. The van der Waals surface area contributed by atoms with Crippen molar-refractivity contribution in [1.82, 2.24) is 10.2 Å². The molecule has 21 heavy (non-hydrogen) atoms. The highest BCUT2D eigenvalue weighted by atomic mass is 16.2. The van der Waals surface area contributed by atoms with Crippen molar-refractivity contribution in [2.75, 3.05) is 19.6 Å². The third-order valence-electron chi connectivity index (χ3n) is 4.95. The van der Waals surface area contributed by atoms with Crippen LogP contribution in [0.5, 0.6) is 0 Å². The van der Waals surface area contributed by atoms with E-state index in [2.05, 4.69) is 48.3 Å². The Labute approximate surface area is 127 Å². The lowest BCUT2D eigenvalue weighted by molar-refractivity contribution is -0.141. The number of hydrogen-bond donors (Lipinski definition) is 1. The largest absolute Gasteiger partial charge is 0.333 e. The van der Waals surface area contributed by atoms with Crippen molar-refractivity contribution in [1.29, 1.82) is 0 Å². The highest BCUT2D eigenvalue weighted by Gasteiger charge is 2.45. The summed E-state index contributed by atoms with van der Waals surface area (Å²) in [5.41, 5.74) is 2.77. The van der Waals surface area contributed by atoms with Crippen molar-refractivity contribution >= 4 is 5.91 Å². The summed E-state index contributed by atoms with van der Waals surface area (Å²) in [5, 5.41) is 3.45. The fourth-order valence-corrected chi connectivity index (χ4v) is 3.99. The molecule has 1 aromatic rings. The molecule has 0 bridgehead atoms. The van der Waals surface area contributed by atoms with E-state index in [9.17, 15) is 4.79 Å². The molecular formula is C18H26N2O. The maximum Gasteiger partial charge on any atom is 0.223 e. The van der Waals surface area contributed by atoms with Crippen LogP contribution in [0.15, 0.2) is 24.3 Å². The highest BCUT2D eigenvalue weighted by molar-refractivity contribution is 5.78. The van der Waals surface area contributed by atoms with Crippen molar-refractivity contribution in [2.24, 2.45) is 5.92 Å². The van der Waals surface area contributed by atoms with Gasteiger partial charge in [-0.25, -0.2) is 0 Å². The number of nitrogens with zero attached hydrogens (tertiary/aromatic N) is 1. The fraction of sp³-hybridized carbons (Fsp3) is 0.611. The number of carbonyl (C=O) groups excluding carboxylic acids is 1. The molecule has 1 saturated heterocycles. The van der Waals surface area contributed by atoms with E-state index in [1.165, 1.54) is 11.1 Å². The zero-order chi connectivity index (χ0) is 14.9. The summed E-state index contributed by atoms with van der Waals surface area (Å²) in [4.78, 5) is 15.0. The number of benzene rings is 1. The number of piperidine rings is 1. The van der Waals surface area contributed by atoms with Crippen molar-refractivity contribution in [3.63, 3.8) is 0 Å². The molecule has 1 spiro atoms. The predicted octanol–water partition coefficient (Wildman–Crippen LogP) is 2.70. The van der Waals surface area contributed by atoms with Gasteiger partial charge in [-0.2, -0.15) is 0 Å². The quantitative estimate of drug-likeness (QED) is 0.906. The third-order valence-corrected chi connectivity index (χ3v) is 4.95. The van der Waals surface area contributed by atoms with Crippen LogP contribution >= 0.6 is 0 Å². The third kappa shape index (κ3) is 2.59. The monoisotopic (exact) mass is 286 g/mol. The molecule has 0 atom stereocenters. The van der Waals surface area contributed by atoms with Crippen LogP contribution in [0.25, 0.3) is 0 Å². The second-order valence-corrected chi connectivity index (χ2v) is 6.83. The Balaban J connectivity index is 1.99. The molecule has 3 rings (SSSR count). The number of amides is 1. The first-order chi connectivity index (χ1) is 10.1. The van der Waals surface area contributed by atoms with Crippen LogP contribution in [0, 0.1) is 5.92 Å².